The van der Waals surface area contributed by atoms with Crippen LogP contribution < -0.4 is 20.5 Å². The molecular formula is C13H18N2O3. The minimum Gasteiger partial charge on any atom is -0.454 e. The second-order valence-electron chi connectivity index (χ2n) is 4.68. The highest BCUT2D eigenvalue weighted by Gasteiger charge is 2.20. The van der Waals surface area contributed by atoms with Gasteiger partial charge < -0.3 is 25.3 Å². The molecule has 2 atom stereocenters. The van der Waals surface area contributed by atoms with Gasteiger partial charge in [0.15, 0.2) is 11.5 Å². The summed E-state index contributed by atoms with van der Waals surface area (Å²) in [5.41, 5.74) is 7.30. The number of hydrogen-bond acceptors (Lipinski definition) is 5. The molecule has 1 fully saturated rings. The third-order valence-corrected chi connectivity index (χ3v) is 3.36. The lowest BCUT2D eigenvalue weighted by Gasteiger charge is -2.26. The molecule has 0 saturated carbocycles. The molecule has 0 spiro atoms. The Morgan fingerprint density at radius 3 is 3.06 bits per heavy atom. The number of hydrogen-bond donors (Lipinski definition) is 2. The lowest BCUT2D eigenvalue weighted by Crippen LogP contribution is -2.42. The number of ether oxygens (including phenoxy) is 3. The fourth-order valence-electron chi connectivity index (χ4n) is 2.36. The van der Waals surface area contributed by atoms with Gasteiger partial charge in [0.1, 0.15) is 0 Å². The van der Waals surface area contributed by atoms with Gasteiger partial charge in [0.25, 0.3) is 0 Å². The largest absolute Gasteiger partial charge is 0.454 e. The highest BCUT2D eigenvalue weighted by molar-refractivity contribution is 5.45. The van der Waals surface area contributed by atoms with Gasteiger partial charge in [-0.1, -0.05) is 6.07 Å². The first-order valence-corrected chi connectivity index (χ1v) is 6.29. The zero-order valence-corrected chi connectivity index (χ0v) is 10.2. The van der Waals surface area contributed by atoms with Gasteiger partial charge in [0, 0.05) is 18.6 Å². The van der Waals surface area contributed by atoms with Crippen LogP contribution in [0.1, 0.15) is 18.0 Å². The van der Waals surface area contributed by atoms with Crippen molar-refractivity contribution in [3.8, 4) is 11.5 Å². The third-order valence-electron chi connectivity index (χ3n) is 3.36. The molecule has 2 unspecified atom stereocenters. The number of nitrogens with one attached hydrogen (secondary N) is 1. The van der Waals surface area contributed by atoms with Crippen LogP contribution in [-0.2, 0) is 4.74 Å². The Morgan fingerprint density at radius 1 is 1.33 bits per heavy atom. The quantitative estimate of drug-likeness (QED) is 0.830. The molecule has 2 heterocycles. The number of nitrogens with two attached hydrogens (primary N) is 1. The Hall–Kier alpha value is -1.30. The minimum absolute atomic E-state index is 0.0151. The summed E-state index contributed by atoms with van der Waals surface area (Å²) < 4.78 is 16.1. The molecule has 0 aliphatic carbocycles. The first kappa shape index (κ1) is 11.8. The molecule has 18 heavy (non-hydrogen) atoms. The summed E-state index contributed by atoms with van der Waals surface area (Å²) >= 11 is 0. The summed E-state index contributed by atoms with van der Waals surface area (Å²) in [6, 6.07) is 6.21. The molecule has 1 aromatic rings. The van der Waals surface area contributed by atoms with Gasteiger partial charge >= 0.3 is 0 Å². The van der Waals surface area contributed by atoms with Crippen molar-refractivity contribution in [2.24, 2.45) is 5.73 Å². The summed E-state index contributed by atoms with van der Waals surface area (Å²) in [5.74, 6) is 1.58. The van der Waals surface area contributed by atoms with Gasteiger partial charge in [0.2, 0.25) is 6.79 Å². The van der Waals surface area contributed by atoms with Crippen LogP contribution in [0.25, 0.3) is 0 Å². The SMILES string of the molecule is NC(CC1COCCN1)c1ccc2c(c1)OCO2. The minimum atomic E-state index is -0.0151. The van der Waals surface area contributed by atoms with Crippen LogP contribution in [0.3, 0.4) is 0 Å². The fraction of sp³-hybridized carbons (Fsp3) is 0.538. The lowest BCUT2D eigenvalue weighted by molar-refractivity contribution is 0.0720. The van der Waals surface area contributed by atoms with E-state index in [1.54, 1.807) is 0 Å². The summed E-state index contributed by atoms with van der Waals surface area (Å²) in [5, 5.41) is 3.41. The van der Waals surface area contributed by atoms with E-state index in [4.69, 9.17) is 19.9 Å². The predicted octanol–water partition coefficient (Wildman–Crippen LogP) is 0.794. The van der Waals surface area contributed by atoms with E-state index >= 15 is 0 Å². The topological polar surface area (TPSA) is 65.7 Å². The number of benzene rings is 1. The van der Waals surface area contributed by atoms with Crippen molar-refractivity contribution in [3.63, 3.8) is 0 Å². The van der Waals surface area contributed by atoms with E-state index in [0.29, 0.717) is 12.8 Å². The summed E-state index contributed by atoms with van der Waals surface area (Å²) in [6.07, 6.45) is 0.861. The van der Waals surface area contributed by atoms with Crippen LogP contribution in [0.15, 0.2) is 18.2 Å². The molecule has 2 aliphatic rings. The van der Waals surface area contributed by atoms with Gasteiger partial charge in [0.05, 0.1) is 13.2 Å². The van der Waals surface area contributed by atoms with Crippen LogP contribution in [0, 0.1) is 0 Å². The highest BCUT2D eigenvalue weighted by atomic mass is 16.7. The van der Waals surface area contributed by atoms with Crippen LogP contribution in [0.2, 0.25) is 0 Å². The predicted molar refractivity (Wildman–Crippen MR) is 66.7 cm³/mol. The summed E-state index contributed by atoms with van der Waals surface area (Å²) in [4.78, 5) is 0. The molecule has 2 aliphatic heterocycles. The van der Waals surface area contributed by atoms with Crippen molar-refractivity contribution in [2.45, 2.75) is 18.5 Å². The van der Waals surface area contributed by atoms with Crippen LogP contribution >= 0.6 is 0 Å². The monoisotopic (exact) mass is 250 g/mol. The molecule has 0 radical (unpaired) electrons. The number of morpholine rings is 1. The Morgan fingerprint density at radius 2 is 2.22 bits per heavy atom. The maximum Gasteiger partial charge on any atom is 0.231 e. The van der Waals surface area contributed by atoms with Crippen molar-refractivity contribution in [1.82, 2.24) is 5.32 Å². The standard InChI is InChI=1S/C13H18N2O3/c14-11(6-10-7-16-4-3-15-10)9-1-2-12-13(5-9)18-8-17-12/h1-2,5,10-11,15H,3-4,6-8,14H2. The van der Waals surface area contributed by atoms with E-state index in [1.807, 2.05) is 18.2 Å². The van der Waals surface area contributed by atoms with Gasteiger partial charge in [-0.15, -0.1) is 0 Å². The molecule has 5 nitrogen and oxygen atoms in total. The third kappa shape index (κ3) is 2.43. The molecular weight excluding hydrogens is 232 g/mol. The van der Waals surface area contributed by atoms with Crippen LogP contribution in [-0.4, -0.2) is 32.6 Å². The molecule has 1 saturated heterocycles. The van der Waals surface area contributed by atoms with E-state index in [0.717, 1.165) is 43.2 Å². The molecule has 3 rings (SSSR count). The number of fused-ring (bicyclic) bond motifs is 1. The van der Waals surface area contributed by atoms with Gasteiger partial charge in [-0.05, 0) is 24.1 Å². The van der Waals surface area contributed by atoms with Gasteiger partial charge in [-0.25, -0.2) is 0 Å². The molecule has 98 valence electrons. The van der Waals surface area contributed by atoms with Crippen molar-refractivity contribution in [1.29, 1.82) is 0 Å². The molecule has 0 aromatic heterocycles. The van der Waals surface area contributed by atoms with Crippen LogP contribution in [0.5, 0.6) is 11.5 Å². The Balaban J connectivity index is 1.66. The van der Waals surface area contributed by atoms with Crippen LogP contribution in [0.4, 0.5) is 0 Å². The second-order valence-corrected chi connectivity index (χ2v) is 4.68. The Bertz CT molecular complexity index is 419. The lowest BCUT2D eigenvalue weighted by atomic mass is 9.99. The van der Waals surface area contributed by atoms with Crippen molar-refractivity contribution in [3.05, 3.63) is 23.8 Å². The highest BCUT2D eigenvalue weighted by Crippen LogP contribution is 2.34. The molecule has 3 N–H and O–H groups in total. The normalized spacial score (nSPS) is 23.9. The maximum absolute atomic E-state index is 6.23. The van der Waals surface area contributed by atoms with Gasteiger partial charge in [-0.2, -0.15) is 0 Å². The van der Waals surface area contributed by atoms with E-state index in [1.165, 1.54) is 0 Å². The molecule has 1 aromatic carbocycles. The summed E-state index contributed by atoms with van der Waals surface area (Å²) in [7, 11) is 0. The first-order valence-electron chi connectivity index (χ1n) is 6.29. The van der Waals surface area contributed by atoms with Crippen molar-refractivity contribution < 1.29 is 14.2 Å². The van der Waals surface area contributed by atoms with Crippen molar-refractivity contribution in [2.75, 3.05) is 26.6 Å². The molecule has 0 amide bonds. The molecule has 5 heteroatoms. The summed E-state index contributed by atoms with van der Waals surface area (Å²) in [6.45, 7) is 2.72. The van der Waals surface area contributed by atoms with Gasteiger partial charge in [-0.3, -0.25) is 0 Å². The average molecular weight is 250 g/mol. The maximum atomic E-state index is 6.23. The zero-order chi connectivity index (χ0) is 12.4. The zero-order valence-electron chi connectivity index (χ0n) is 10.2. The first-order chi connectivity index (χ1) is 8.83. The number of rotatable bonds is 3. The molecule has 0 bridgehead atoms. The fourth-order valence-corrected chi connectivity index (χ4v) is 2.36. The van der Waals surface area contributed by atoms with E-state index in [9.17, 15) is 0 Å². The van der Waals surface area contributed by atoms with Crippen molar-refractivity contribution >= 4 is 0 Å². The van der Waals surface area contributed by atoms with E-state index in [-0.39, 0.29) is 6.04 Å². The average Bonchev–Trinajstić information content (AvgIpc) is 2.87. The Kier molecular flexibility index (Phi) is 3.36. The van der Waals surface area contributed by atoms with E-state index in [2.05, 4.69) is 5.32 Å². The second kappa shape index (κ2) is 5.14. The Labute approximate surface area is 106 Å². The van der Waals surface area contributed by atoms with E-state index < -0.39 is 0 Å². The smallest absolute Gasteiger partial charge is 0.231 e.